The summed E-state index contributed by atoms with van der Waals surface area (Å²) >= 11 is 6.12. The fourth-order valence-corrected chi connectivity index (χ4v) is 4.62. The number of hydrogen-bond acceptors (Lipinski definition) is 6. The van der Waals surface area contributed by atoms with Gasteiger partial charge in [-0.15, -0.1) is 0 Å². The number of carbonyl (C=O) groups is 1. The molecule has 0 aromatic heterocycles. The van der Waals surface area contributed by atoms with Gasteiger partial charge in [-0.05, 0) is 66.7 Å². The highest BCUT2D eigenvalue weighted by molar-refractivity contribution is 7.92. The molecule has 3 aromatic rings. The van der Waals surface area contributed by atoms with E-state index in [0.29, 0.717) is 11.4 Å². The van der Waals surface area contributed by atoms with Crippen LogP contribution in [0.5, 0.6) is 5.75 Å². The Morgan fingerprint density at radius 3 is 1.97 bits per heavy atom. The van der Waals surface area contributed by atoms with Gasteiger partial charge in [0.05, 0.1) is 27.5 Å². The second-order valence-electron chi connectivity index (χ2n) is 6.73. The van der Waals surface area contributed by atoms with E-state index in [2.05, 4.69) is 10.0 Å². The summed E-state index contributed by atoms with van der Waals surface area (Å²) < 4.78 is 56.1. The van der Waals surface area contributed by atoms with Crippen molar-refractivity contribution in [2.24, 2.45) is 0 Å². The predicted molar refractivity (Wildman–Crippen MR) is 123 cm³/mol. The van der Waals surface area contributed by atoms with Crippen molar-refractivity contribution in [3.63, 3.8) is 0 Å². The zero-order valence-corrected chi connectivity index (χ0v) is 19.4. The Balaban J connectivity index is 1.83. The van der Waals surface area contributed by atoms with E-state index in [1.165, 1.54) is 43.5 Å². The monoisotopic (exact) mass is 494 g/mol. The van der Waals surface area contributed by atoms with Gasteiger partial charge in [0.2, 0.25) is 0 Å². The Kier molecular flexibility index (Phi) is 6.77. The molecular weight excluding hydrogens is 476 g/mol. The van der Waals surface area contributed by atoms with Gasteiger partial charge in [-0.25, -0.2) is 16.8 Å². The van der Waals surface area contributed by atoms with Crippen molar-refractivity contribution >= 4 is 48.7 Å². The lowest BCUT2D eigenvalue weighted by Crippen LogP contribution is -2.16. The van der Waals surface area contributed by atoms with Crippen molar-refractivity contribution in [2.75, 3.05) is 23.4 Å². The first kappa shape index (κ1) is 23.6. The summed E-state index contributed by atoms with van der Waals surface area (Å²) in [6, 6.07) is 15.6. The second kappa shape index (κ2) is 9.19. The van der Waals surface area contributed by atoms with E-state index in [0.717, 1.165) is 12.3 Å². The van der Waals surface area contributed by atoms with Gasteiger partial charge >= 0.3 is 0 Å². The van der Waals surface area contributed by atoms with E-state index in [1.54, 1.807) is 24.3 Å². The fourth-order valence-electron chi connectivity index (χ4n) is 2.70. The number of sulfonamides is 1. The molecule has 0 atom stereocenters. The van der Waals surface area contributed by atoms with Crippen molar-refractivity contribution in [1.29, 1.82) is 0 Å². The number of rotatable bonds is 7. The Hall–Kier alpha value is -3.08. The van der Waals surface area contributed by atoms with Crippen molar-refractivity contribution in [3.05, 3.63) is 77.3 Å². The molecule has 3 rings (SSSR count). The van der Waals surface area contributed by atoms with Crippen molar-refractivity contribution in [1.82, 2.24) is 0 Å². The second-order valence-corrected chi connectivity index (χ2v) is 10.8. The lowest BCUT2D eigenvalue weighted by Gasteiger charge is -2.12. The third kappa shape index (κ3) is 5.58. The minimum atomic E-state index is -4.07. The lowest BCUT2D eigenvalue weighted by atomic mass is 10.2. The van der Waals surface area contributed by atoms with Gasteiger partial charge in [-0.3, -0.25) is 9.52 Å². The molecule has 3 aromatic carbocycles. The van der Waals surface area contributed by atoms with Crippen LogP contribution in [0.25, 0.3) is 0 Å². The van der Waals surface area contributed by atoms with Crippen LogP contribution in [0.15, 0.2) is 76.5 Å². The standard InChI is InChI=1S/C21H19ClN2O6S2/c1-30-16-7-3-14(4-8-16)23-21(25)19-13-18(11-12-20(19)22)32(28,29)24-15-5-9-17(10-6-15)31(2,26)27/h3-13,24H,1-2H3,(H,23,25). The highest BCUT2D eigenvalue weighted by atomic mass is 35.5. The topological polar surface area (TPSA) is 119 Å². The third-order valence-electron chi connectivity index (χ3n) is 4.38. The largest absolute Gasteiger partial charge is 0.497 e. The SMILES string of the molecule is COc1ccc(NC(=O)c2cc(S(=O)(=O)Nc3ccc(S(C)(=O)=O)cc3)ccc2Cl)cc1. The average Bonchev–Trinajstić information content (AvgIpc) is 2.74. The van der Waals surface area contributed by atoms with Gasteiger partial charge < -0.3 is 10.1 Å². The van der Waals surface area contributed by atoms with Gasteiger partial charge in [-0.2, -0.15) is 0 Å². The van der Waals surface area contributed by atoms with Crippen LogP contribution in [-0.4, -0.2) is 36.1 Å². The molecule has 11 heteroatoms. The molecule has 0 bridgehead atoms. The van der Waals surface area contributed by atoms with Crippen LogP contribution in [0.2, 0.25) is 5.02 Å². The Morgan fingerprint density at radius 1 is 0.844 bits per heavy atom. The molecular formula is C21H19ClN2O6S2. The number of methoxy groups -OCH3 is 1. The molecule has 32 heavy (non-hydrogen) atoms. The van der Waals surface area contributed by atoms with Crippen LogP contribution in [-0.2, 0) is 19.9 Å². The number of carbonyl (C=O) groups excluding carboxylic acids is 1. The summed E-state index contributed by atoms with van der Waals surface area (Å²) in [5.74, 6) is 0.0273. The lowest BCUT2D eigenvalue weighted by molar-refractivity contribution is 0.102. The molecule has 0 fully saturated rings. The van der Waals surface area contributed by atoms with Gasteiger partial charge in [0.1, 0.15) is 5.75 Å². The highest BCUT2D eigenvalue weighted by Crippen LogP contribution is 2.25. The number of nitrogens with one attached hydrogen (secondary N) is 2. The minimum absolute atomic E-state index is 0.0298. The summed E-state index contributed by atoms with van der Waals surface area (Å²) in [4.78, 5) is 12.5. The molecule has 0 unspecified atom stereocenters. The van der Waals surface area contributed by atoms with Crippen LogP contribution in [0.3, 0.4) is 0 Å². The average molecular weight is 495 g/mol. The molecule has 0 heterocycles. The van der Waals surface area contributed by atoms with E-state index < -0.39 is 25.8 Å². The maximum Gasteiger partial charge on any atom is 0.261 e. The van der Waals surface area contributed by atoms with E-state index in [4.69, 9.17) is 16.3 Å². The minimum Gasteiger partial charge on any atom is -0.497 e. The number of benzene rings is 3. The van der Waals surface area contributed by atoms with Crippen LogP contribution in [0.4, 0.5) is 11.4 Å². The number of sulfone groups is 1. The molecule has 0 saturated heterocycles. The van der Waals surface area contributed by atoms with Crippen LogP contribution < -0.4 is 14.8 Å². The maximum atomic E-state index is 12.8. The highest BCUT2D eigenvalue weighted by Gasteiger charge is 2.19. The first-order chi connectivity index (χ1) is 15.0. The van der Waals surface area contributed by atoms with E-state index in [9.17, 15) is 21.6 Å². The Morgan fingerprint density at radius 2 is 1.41 bits per heavy atom. The Labute approximate surface area is 191 Å². The summed E-state index contributed by atoms with van der Waals surface area (Å²) in [6.45, 7) is 0. The van der Waals surface area contributed by atoms with Crippen molar-refractivity contribution < 1.29 is 26.4 Å². The van der Waals surface area contributed by atoms with E-state index in [1.807, 2.05) is 0 Å². The molecule has 0 aliphatic carbocycles. The zero-order chi connectivity index (χ0) is 23.5. The number of amides is 1. The van der Waals surface area contributed by atoms with Crippen LogP contribution >= 0.6 is 11.6 Å². The molecule has 0 spiro atoms. The van der Waals surface area contributed by atoms with Crippen LogP contribution in [0, 0.1) is 0 Å². The number of anilines is 2. The van der Waals surface area contributed by atoms with Crippen molar-refractivity contribution in [3.8, 4) is 5.75 Å². The van der Waals surface area contributed by atoms with Gasteiger partial charge in [0.25, 0.3) is 15.9 Å². The molecule has 168 valence electrons. The van der Waals surface area contributed by atoms with Crippen molar-refractivity contribution in [2.45, 2.75) is 9.79 Å². The zero-order valence-electron chi connectivity index (χ0n) is 17.0. The summed E-state index contributed by atoms with van der Waals surface area (Å²) in [7, 11) is -5.96. The predicted octanol–water partition coefficient (Wildman–Crippen LogP) is 3.81. The molecule has 0 radical (unpaired) electrons. The Bertz CT molecular complexity index is 1350. The van der Waals surface area contributed by atoms with Gasteiger partial charge in [0, 0.05) is 17.6 Å². The molecule has 0 saturated carbocycles. The van der Waals surface area contributed by atoms with Crippen LogP contribution in [0.1, 0.15) is 10.4 Å². The van der Waals surface area contributed by atoms with E-state index >= 15 is 0 Å². The number of hydrogen-bond donors (Lipinski definition) is 2. The summed E-state index contributed by atoms with van der Waals surface area (Å²) in [5, 5.41) is 2.72. The number of halogens is 1. The first-order valence-electron chi connectivity index (χ1n) is 9.07. The molecule has 1 amide bonds. The normalized spacial score (nSPS) is 11.6. The van der Waals surface area contributed by atoms with Gasteiger partial charge in [-0.1, -0.05) is 11.6 Å². The first-order valence-corrected chi connectivity index (χ1v) is 12.8. The number of ether oxygens (including phenoxy) is 1. The molecule has 0 aliphatic heterocycles. The summed E-state index contributed by atoms with van der Waals surface area (Å²) in [6.07, 6.45) is 1.05. The maximum absolute atomic E-state index is 12.8. The molecule has 0 aliphatic rings. The quantitative estimate of drug-likeness (QED) is 0.515. The fraction of sp³-hybridized carbons (Fsp3) is 0.0952. The third-order valence-corrected chi connectivity index (χ3v) is 7.21. The van der Waals surface area contributed by atoms with Gasteiger partial charge in [0.15, 0.2) is 9.84 Å². The molecule has 2 N–H and O–H groups in total. The smallest absolute Gasteiger partial charge is 0.261 e. The molecule has 8 nitrogen and oxygen atoms in total. The summed E-state index contributed by atoms with van der Waals surface area (Å²) in [5.41, 5.74) is 0.610. The van der Waals surface area contributed by atoms with E-state index in [-0.39, 0.29) is 26.1 Å².